The van der Waals surface area contributed by atoms with Gasteiger partial charge in [0.15, 0.2) is 0 Å². The Morgan fingerprint density at radius 3 is 1.00 bits per heavy atom. The largest absolute Gasteiger partial charge is 0.428 e. The van der Waals surface area contributed by atoms with Gasteiger partial charge in [-0.05, 0) is 113 Å². The van der Waals surface area contributed by atoms with Crippen LogP contribution in [0, 0.1) is 0 Å². The van der Waals surface area contributed by atoms with Crippen molar-refractivity contribution in [1.29, 1.82) is 0 Å². The summed E-state index contributed by atoms with van der Waals surface area (Å²) in [5, 5.41) is 9.10. The van der Waals surface area contributed by atoms with E-state index in [4.69, 9.17) is 0 Å². The van der Waals surface area contributed by atoms with Crippen molar-refractivity contribution >= 4 is 59.3 Å². The molecule has 0 atom stereocenters. The second-order valence-electron chi connectivity index (χ2n) is 15.8. The molecule has 0 spiro atoms. The van der Waals surface area contributed by atoms with Gasteiger partial charge in [0.2, 0.25) is 16.6 Å². The highest BCUT2D eigenvalue weighted by molar-refractivity contribution is 6.86. The summed E-state index contributed by atoms with van der Waals surface area (Å²) >= 11 is 0. The van der Waals surface area contributed by atoms with Crippen molar-refractivity contribution < 1.29 is 9.59 Å². The van der Waals surface area contributed by atoms with Crippen molar-refractivity contribution in [2.24, 2.45) is 0 Å². The van der Waals surface area contributed by atoms with Crippen LogP contribution in [-0.4, -0.2) is 26.2 Å². The van der Waals surface area contributed by atoms with E-state index in [2.05, 4.69) is 126 Å². The first-order valence-corrected chi connectivity index (χ1v) is 21.7. The molecule has 0 unspecified atom stereocenters. The van der Waals surface area contributed by atoms with Gasteiger partial charge in [-0.2, -0.15) is 0 Å². The molecule has 4 heteroatoms. The maximum atomic E-state index is 11.7. The molecule has 0 heterocycles. The molecule has 2 nitrogen and oxygen atoms in total. The highest BCUT2D eigenvalue weighted by atomic mass is 28.4. The fraction of sp³-hybridized carbons (Fsp3) is 0.300. The molecule has 0 aliphatic carbocycles. The standard InChI is InChI=1S/C40H46O2Si2/c1-39(2,3)27-15-11-25(12-16-27)33-23-35(43(7,8)41)31-22-20-30-34(26-13-17-28(18-14-26)40(4,5)6)24-36(44(9,10)42)32-21-19-29(33)37(31)38(30)32/h11-24,41-42H,1-10H3. The van der Waals surface area contributed by atoms with Gasteiger partial charge in [0.05, 0.1) is 0 Å². The molecule has 0 aromatic heterocycles. The van der Waals surface area contributed by atoms with Crippen LogP contribution in [0.1, 0.15) is 52.7 Å². The molecule has 6 aromatic carbocycles. The Labute approximate surface area is 265 Å². The van der Waals surface area contributed by atoms with E-state index in [0.29, 0.717) is 0 Å². The Kier molecular flexibility index (Phi) is 7.06. The van der Waals surface area contributed by atoms with Crippen molar-refractivity contribution in [3.8, 4) is 22.3 Å². The van der Waals surface area contributed by atoms with Crippen molar-refractivity contribution in [3.63, 3.8) is 0 Å². The van der Waals surface area contributed by atoms with E-state index in [-0.39, 0.29) is 10.8 Å². The second kappa shape index (κ2) is 10.1. The SMILES string of the molecule is CC(C)(C)c1ccc(-c2cc([Si](C)(C)O)c3ccc4c(-c5ccc(C(C)(C)C)cc5)cc([Si](C)(C)O)c5ccc2c3c45)cc1. The molecule has 6 rings (SSSR count). The summed E-state index contributed by atoms with van der Waals surface area (Å²) in [6.45, 7) is 21.5. The van der Waals surface area contributed by atoms with Gasteiger partial charge in [-0.1, -0.05) is 126 Å². The maximum absolute atomic E-state index is 11.7. The predicted octanol–water partition coefficient (Wildman–Crippen LogP) is 9.32. The summed E-state index contributed by atoms with van der Waals surface area (Å²) < 4.78 is 0. The molecular formula is C40H46O2Si2. The summed E-state index contributed by atoms with van der Waals surface area (Å²) in [7, 11) is -5.45. The highest BCUT2D eigenvalue weighted by Gasteiger charge is 2.30. The third-order valence-corrected chi connectivity index (χ3v) is 12.8. The zero-order chi connectivity index (χ0) is 32.0. The molecular weight excluding hydrogens is 569 g/mol. The first-order valence-electron chi connectivity index (χ1n) is 15.8. The van der Waals surface area contributed by atoms with E-state index in [1.807, 2.05) is 26.2 Å². The van der Waals surface area contributed by atoms with Crippen molar-refractivity contribution in [1.82, 2.24) is 0 Å². The van der Waals surface area contributed by atoms with Gasteiger partial charge in [-0.15, -0.1) is 0 Å². The van der Waals surface area contributed by atoms with E-state index >= 15 is 0 Å². The molecule has 0 aliphatic heterocycles. The maximum Gasteiger partial charge on any atom is 0.214 e. The van der Waals surface area contributed by atoms with Gasteiger partial charge in [0.25, 0.3) is 0 Å². The van der Waals surface area contributed by atoms with E-state index in [1.165, 1.54) is 32.7 Å². The van der Waals surface area contributed by atoms with Crippen LogP contribution in [0.25, 0.3) is 54.6 Å². The number of rotatable bonds is 4. The predicted molar refractivity (Wildman–Crippen MR) is 197 cm³/mol. The lowest BCUT2D eigenvalue weighted by Gasteiger charge is -2.26. The molecule has 0 saturated carbocycles. The van der Waals surface area contributed by atoms with Crippen LogP contribution < -0.4 is 10.4 Å². The van der Waals surface area contributed by atoms with Crippen LogP contribution in [0.4, 0.5) is 0 Å². The summed E-state index contributed by atoms with van der Waals surface area (Å²) in [6, 6.07) is 31.4. The number of hydrogen-bond acceptors (Lipinski definition) is 2. The minimum Gasteiger partial charge on any atom is -0.428 e. The average molecular weight is 615 g/mol. The third-order valence-electron chi connectivity index (χ3n) is 9.34. The first-order chi connectivity index (χ1) is 20.4. The topological polar surface area (TPSA) is 40.5 Å². The average Bonchev–Trinajstić information content (AvgIpc) is 2.93. The second-order valence-corrected chi connectivity index (χ2v) is 23.1. The van der Waals surface area contributed by atoms with Crippen molar-refractivity contribution in [3.05, 3.63) is 96.1 Å². The molecule has 0 bridgehead atoms. The highest BCUT2D eigenvalue weighted by Crippen LogP contribution is 2.43. The van der Waals surface area contributed by atoms with E-state index in [9.17, 15) is 9.59 Å². The Hall–Kier alpha value is -3.29. The molecule has 0 fully saturated rings. The van der Waals surface area contributed by atoms with Crippen LogP contribution in [0.3, 0.4) is 0 Å². The Bertz CT molecular complexity index is 1860. The first kappa shape index (κ1) is 30.7. The summed E-state index contributed by atoms with van der Waals surface area (Å²) in [5.74, 6) is 0. The molecule has 0 radical (unpaired) electrons. The van der Waals surface area contributed by atoms with Crippen LogP contribution in [0.2, 0.25) is 26.2 Å². The third kappa shape index (κ3) is 5.22. The van der Waals surface area contributed by atoms with Crippen molar-refractivity contribution in [2.75, 3.05) is 0 Å². The minimum atomic E-state index is -2.72. The smallest absolute Gasteiger partial charge is 0.214 e. The molecule has 0 aliphatic rings. The van der Waals surface area contributed by atoms with Crippen LogP contribution in [-0.2, 0) is 10.8 Å². The van der Waals surface area contributed by atoms with Gasteiger partial charge in [0.1, 0.15) is 0 Å². The lowest BCUT2D eigenvalue weighted by molar-refractivity contribution is 0.568. The fourth-order valence-electron chi connectivity index (χ4n) is 6.78. The van der Waals surface area contributed by atoms with Gasteiger partial charge < -0.3 is 9.59 Å². The molecule has 6 aromatic rings. The van der Waals surface area contributed by atoms with Crippen LogP contribution in [0.15, 0.2) is 84.9 Å². The van der Waals surface area contributed by atoms with Gasteiger partial charge in [0, 0.05) is 0 Å². The van der Waals surface area contributed by atoms with E-state index in [0.717, 1.165) is 43.4 Å². The van der Waals surface area contributed by atoms with E-state index < -0.39 is 16.6 Å². The Morgan fingerprint density at radius 2 is 0.727 bits per heavy atom. The molecule has 2 N–H and O–H groups in total. The van der Waals surface area contributed by atoms with Crippen molar-refractivity contribution in [2.45, 2.75) is 78.6 Å². The van der Waals surface area contributed by atoms with Crippen LogP contribution >= 0.6 is 0 Å². The zero-order valence-electron chi connectivity index (χ0n) is 28.0. The Morgan fingerprint density at radius 1 is 0.432 bits per heavy atom. The summed E-state index contributed by atoms with van der Waals surface area (Å²) in [5.41, 5.74) is 7.38. The minimum absolute atomic E-state index is 0.0746. The summed E-state index contributed by atoms with van der Waals surface area (Å²) in [4.78, 5) is 23.3. The number of hydrogen-bond donors (Lipinski definition) is 2. The monoisotopic (exact) mass is 614 g/mol. The normalized spacial score (nSPS) is 13.5. The lowest BCUT2D eigenvalue weighted by Crippen LogP contribution is -2.42. The number of benzene rings is 6. The van der Waals surface area contributed by atoms with Gasteiger partial charge >= 0.3 is 0 Å². The van der Waals surface area contributed by atoms with Gasteiger partial charge in [-0.3, -0.25) is 0 Å². The molecule has 44 heavy (non-hydrogen) atoms. The van der Waals surface area contributed by atoms with Gasteiger partial charge in [-0.25, -0.2) is 0 Å². The van der Waals surface area contributed by atoms with Crippen LogP contribution in [0.5, 0.6) is 0 Å². The summed E-state index contributed by atoms with van der Waals surface area (Å²) in [6.07, 6.45) is 0. The fourth-order valence-corrected chi connectivity index (χ4v) is 9.51. The molecule has 0 amide bonds. The zero-order valence-corrected chi connectivity index (χ0v) is 30.0. The molecule has 0 saturated heterocycles. The Balaban J connectivity index is 1.75. The quantitative estimate of drug-likeness (QED) is 0.153. The lowest BCUT2D eigenvalue weighted by atomic mass is 9.84. The van der Waals surface area contributed by atoms with E-state index in [1.54, 1.807) is 0 Å². The molecule has 226 valence electrons.